The molecule has 1 rings (SSSR count). The molecule has 0 aliphatic heterocycles. The molecule has 0 aliphatic rings. The van der Waals surface area contributed by atoms with E-state index in [9.17, 15) is 9.59 Å². The summed E-state index contributed by atoms with van der Waals surface area (Å²) >= 11 is 1.60. The summed E-state index contributed by atoms with van der Waals surface area (Å²) in [5.74, 6) is -2.53. The fourth-order valence-electron chi connectivity index (χ4n) is 1.29. The zero-order chi connectivity index (χ0) is 12.1. The lowest BCUT2D eigenvalue weighted by Crippen LogP contribution is -2.40. The van der Waals surface area contributed by atoms with Crippen molar-refractivity contribution in [2.45, 2.75) is 26.3 Å². The summed E-state index contributed by atoms with van der Waals surface area (Å²) in [5, 5.41) is 15.3. The van der Waals surface area contributed by atoms with E-state index in [-0.39, 0.29) is 6.04 Å². The smallest absolute Gasteiger partial charge is 0.315 e. The van der Waals surface area contributed by atoms with Crippen molar-refractivity contribution < 1.29 is 14.7 Å². The molecule has 88 valence electrons. The van der Waals surface area contributed by atoms with E-state index in [1.807, 2.05) is 23.8 Å². The molecule has 4 nitrogen and oxygen atoms in total. The minimum Gasteiger partial charge on any atom is -0.481 e. The van der Waals surface area contributed by atoms with E-state index in [1.54, 1.807) is 11.3 Å². The molecule has 0 fully saturated rings. The standard InChI is InChI=1S/C11H15NO3S/c1-7(5-9-3-4-16-6-9)12-10(13)8(2)11(14)15/h3-4,6-8H,5H2,1-2H3,(H,12,13)(H,14,15). The second kappa shape index (κ2) is 5.65. The summed E-state index contributed by atoms with van der Waals surface area (Å²) in [4.78, 5) is 22.0. The predicted molar refractivity (Wildman–Crippen MR) is 62.4 cm³/mol. The molecule has 0 saturated heterocycles. The summed E-state index contributed by atoms with van der Waals surface area (Å²) < 4.78 is 0. The van der Waals surface area contributed by atoms with Crippen molar-refractivity contribution >= 4 is 23.2 Å². The molecular formula is C11H15NO3S. The van der Waals surface area contributed by atoms with Gasteiger partial charge in [0, 0.05) is 6.04 Å². The number of nitrogens with one attached hydrogen (secondary N) is 1. The highest BCUT2D eigenvalue weighted by Gasteiger charge is 2.21. The van der Waals surface area contributed by atoms with Gasteiger partial charge in [-0.3, -0.25) is 9.59 Å². The molecule has 0 radical (unpaired) electrons. The number of hydrogen-bond donors (Lipinski definition) is 2. The van der Waals surface area contributed by atoms with Crippen molar-refractivity contribution in [2.75, 3.05) is 0 Å². The van der Waals surface area contributed by atoms with Crippen molar-refractivity contribution in [3.63, 3.8) is 0 Å². The maximum absolute atomic E-state index is 11.4. The van der Waals surface area contributed by atoms with Crippen LogP contribution in [0.1, 0.15) is 19.4 Å². The monoisotopic (exact) mass is 241 g/mol. The van der Waals surface area contributed by atoms with Crippen LogP contribution in [0.5, 0.6) is 0 Å². The first kappa shape index (κ1) is 12.7. The Kier molecular flexibility index (Phi) is 4.49. The van der Waals surface area contributed by atoms with Gasteiger partial charge in [0.15, 0.2) is 0 Å². The third-order valence-corrected chi connectivity index (χ3v) is 3.01. The fourth-order valence-corrected chi connectivity index (χ4v) is 1.97. The highest BCUT2D eigenvalue weighted by Crippen LogP contribution is 2.08. The number of hydrogen-bond acceptors (Lipinski definition) is 3. The van der Waals surface area contributed by atoms with E-state index in [2.05, 4.69) is 5.32 Å². The molecule has 1 aromatic rings. The summed E-state index contributed by atoms with van der Waals surface area (Å²) in [7, 11) is 0. The molecule has 16 heavy (non-hydrogen) atoms. The zero-order valence-electron chi connectivity index (χ0n) is 9.27. The first-order chi connectivity index (χ1) is 7.50. The van der Waals surface area contributed by atoms with Gasteiger partial charge in [-0.25, -0.2) is 0 Å². The minimum absolute atomic E-state index is 0.0519. The largest absolute Gasteiger partial charge is 0.481 e. The van der Waals surface area contributed by atoms with E-state index in [0.29, 0.717) is 0 Å². The van der Waals surface area contributed by atoms with Crippen LogP contribution >= 0.6 is 11.3 Å². The van der Waals surface area contributed by atoms with E-state index >= 15 is 0 Å². The first-order valence-corrected chi connectivity index (χ1v) is 5.99. The molecule has 2 N–H and O–H groups in total. The van der Waals surface area contributed by atoms with Crippen LogP contribution in [0.3, 0.4) is 0 Å². The number of aliphatic carboxylic acids is 1. The number of carboxylic acids is 1. The Morgan fingerprint density at radius 3 is 2.69 bits per heavy atom. The van der Waals surface area contributed by atoms with Crippen LogP contribution in [-0.2, 0) is 16.0 Å². The van der Waals surface area contributed by atoms with Gasteiger partial charge < -0.3 is 10.4 Å². The second-order valence-electron chi connectivity index (χ2n) is 3.81. The Morgan fingerprint density at radius 1 is 1.50 bits per heavy atom. The Labute approximate surface area is 98.3 Å². The fraction of sp³-hybridized carbons (Fsp3) is 0.455. The molecule has 5 heteroatoms. The van der Waals surface area contributed by atoms with Gasteiger partial charge >= 0.3 is 5.97 Å². The van der Waals surface area contributed by atoms with Crippen LogP contribution in [-0.4, -0.2) is 23.0 Å². The molecule has 2 atom stereocenters. The summed E-state index contributed by atoms with van der Waals surface area (Å²) in [6.45, 7) is 3.25. The number of thiophene rings is 1. The van der Waals surface area contributed by atoms with Crippen LogP contribution < -0.4 is 5.32 Å². The molecule has 2 unspecified atom stereocenters. The Morgan fingerprint density at radius 2 is 2.19 bits per heavy atom. The Balaban J connectivity index is 2.42. The van der Waals surface area contributed by atoms with E-state index in [0.717, 1.165) is 12.0 Å². The molecule has 0 saturated carbocycles. The molecule has 0 aliphatic carbocycles. The van der Waals surface area contributed by atoms with Crippen LogP contribution in [0.15, 0.2) is 16.8 Å². The van der Waals surface area contributed by atoms with Gasteiger partial charge in [0.25, 0.3) is 0 Å². The number of carbonyl (C=O) groups is 2. The van der Waals surface area contributed by atoms with Gasteiger partial charge in [-0.15, -0.1) is 0 Å². The van der Waals surface area contributed by atoms with Crippen molar-refractivity contribution in [2.24, 2.45) is 5.92 Å². The Hall–Kier alpha value is -1.36. The lowest BCUT2D eigenvalue weighted by molar-refractivity contribution is -0.146. The van der Waals surface area contributed by atoms with E-state index < -0.39 is 17.8 Å². The van der Waals surface area contributed by atoms with Gasteiger partial charge in [-0.2, -0.15) is 11.3 Å². The van der Waals surface area contributed by atoms with Crippen LogP contribution in [0.2, 0.25) is 0 Å². The van der Waals surface area contributed by atoms with Crippen LogP contribution in [0.4, 0.5) is 0 Å². The average Bonchev–Trinajstić information content (AvgIpc) is 2.68. The molecular weight excluding hydrogens is 226 g/mol. The molecule has 1 aromatic heterocycles. The highest BCUT2D eigenvalue weighted by atomic mass is 32.1. The predicted octanol–water partition coefficient (Wildman–Crippen LogP) is 1.52. The van der Waals surface area contributed by atoms with Gasteiger partial charge in [0.1, 0.15) is 5.92 Å². The molecule has 0 bridgehead atoms. The lowest BCUT2D eigenvalue weighted by atomic mass is 10.1. The molecule has 1 heterocycles. The SMILES string of the molecule is CC(Cc1ccsc1)NC(=O)C(C)C(=O)O. The number of carboxylic acid groups (broad SMARTS) is 1. The van der Waals surface area contributed by atoms with Crippen molar-refractivity contribution in [3.05, 3.63) is 22.4 Å². The summed E-state index contributed by atoms with van der Waals surface area (Å²) in [6.07, 6.45) is 0.724. The number of carbonyl (C=O) groups excluding carboxylic acids is 1. The third kappa shape index (κ3) is 3.66. The number of rotatable bonds is 5. The maximum Gasteiger partial charge on any atom is 0.315 e. The van der Waals surface area contributed by atoms with Crippen LogP contribution in [0.25, 0.3) is 0 Å². The Bertz CT molecular complexity index is 361. The van der Waals surface area contributed by atoms with E-state index in [4.69, 9.17) is 5.11 Å². The quantitative estimate of drug-likeness (QED) is 0.768. The third-order valence-electron chi connectivity index (χ3n) is 2.27. The minimum atomic E-state index is -1.10. The lowest BCUT2D eigenvalue weighted by Gasteiger charge is -2.14. The molecule has 0 spiro atoms. The van der Waals surface area contributed by atoms with Crippen LogP contribution in [0, 0.1) is 5.92 Å². The summed E-state index contributed by atoms with van der Waals surface area (Å²) in [6, 6.07) is 1.94. The van der Waals surface area contributed by atoms with Gasteiger partial charge in [0.05, 0.1) is 0 Å². The van der Waals surface area contributed by atoms with Gasteiger partial charge in [-0.1, -0.05) is 0 Å². The normalized spacial score (nSPS) is 14.1. The molecule has 0 aromatic carbocycles. The maximum atomic E-state index is 11.4. The average molecular weight is 241 g/mol. The number of amides is 1. The van der Waals surface area contributed by atoms with Crippen molar-refractivity contribution in [3.8, 4) is 0 Å². The topological polar surface area (TPSA) is 66.4 Å². The molecule has 1 amide bonds. The van der Waals surface area contributed by atoms with Crippen molar-refractivity contribution in [1.29, 1.82) is 0 Å². The first-order valence-electron chi connectivity index (χ1n) is 5.05. The zero-order valence-corrected chi connectivity index (χ0v) is 10.1. The van der Waals surface area contributed by atoms with Gasteiger partial charge in [-0.05, 0) is 42.7 Å². The summed E-state index contributed by atoms with van der Waals surface area (Å²) in [5.41, 5.74) is 1.15. The highest BCUT2D eigenvalue weighted by molar-refractivity contribution is 7.07. The van der Waals surface area contributed by atoms with E-state index in [1.165, 1.54) is 6.92 Å². The van der Waals surface area contributed by atoms with Crippen molar-refractivity contribution in [1.82, 2.24) is 5.32 Å². The van der Waals surface area contributed by atoms with Gasteiger partial charge in [0.2, 0.25) is 5.91 Å². The second-order valence-corrected chi connectivity index (χ2v) is 4.59.